The molecule has 0 N–H and O–H groups in total. The van der Waals surface area contributed by atoms with Crippen LogP contribution in [-0.2, 0) is 14.3 Å². The zero-order chi connectivity index (χ0) is 6.27. The second kappa shape index (κ2) is 1.70. The van der Waals surface area contributed by atoms with Crippen molar-refractivity contribution >= 4 is 5.97 Å². The average Bonchev–Trinajstić information content (AvgIpc) is 2.58. The highest BCUT2D eigenvalue weighted by Crippen LogP contribution is 2.25. The third-order valence-corrected chi connectivity index (χ3v) is 1.69. The second-order valence-electron chi connectivity index (χ2n) is 2.44. The van der Waals surface area contributed by atoms with Gasteiger partial charge in [-0.15, -0.1) is 0 Å². The minimum absolute atomic E-state index is 0.0736. The number of hydrogen-bond donors (Lipinski definition) is 0. The molecule has 2 heterocycles. The zero-order valence-corrected chi connectivity index (χ0v) is 5.00. The van der Waals surface area contributed by atoms with Crippen LogP contribution in [0.3, 0.4) is 0 Å². The smallest absolute Gasteiger partial charge is 0.306 e. The Kier molecular flexibility index (Phi) is 0.990. The number of hydrogen-bond acceptors (Lipinski definition) is 3. The molecule has 0 spiro atoms. The van der Waals surface area contributed by atoms with E-state index >= 15 is 0 Å². The number of rotatable bonds is 1. The summed E-state index contributed by atoms with van der Waals surface area (Å²) in [7, 11) is 0. The molecule has 2 saturated heterocycles. The van der Waals surface area contributed by atoms with Crippen LogP contribution in [0.4, 0.5) is 0 Å². The summed E-state index contributed by atoms with van der Waals surface area (Å²) in [6.45, 7) is 0.776. The van der Waals surface area contributed by atoms with Crippen LogP contribution in [0.15, 0.2) is 0 Å². The molecular weight excluding hydrogens is 120 g/mol. The lowest BCUT2D eigenvalue weighted by Crippen LogP contribution is -2.13. The van der Waals surface area contributed by atoms with Gasteiger partial charge in [-0.1, -0.05) is 0 Å². The van der Waals surface area contributed by atoms with Crippen LogP contribution in [-0.4, -0.2) is 24.8 Å². The van der Waals surface area contributed by atoms with Crippen molar-refractivity contribution in [3.8, 4) is 0 Å². The van der Waals surface area contributed by atoms with Crippen molar-refractivity contribution in [2.45, 2.75) is 25.0 Å². The van der Waals surface area contributed by atoms with Gasteiger partial charge in [0, 0.05) is 6.42 Å². The molecule has 0 radical (unpaired) electrons. The molecule has 0 saturated carbocycles. The molecule has 3 heteroatoms. The highest BCUT2D eigenvalue weighted by atomic mass is 16.6. The lowest BCUT2D eigenvalue weighted by molar-refractivity contribution is -0.142. The number of carbonyl (C=O) groups excluding carboxylic acids is 1. The maximum Gasteiger partial charge on any atom is 0.306 e. The monoisotopic (exact) mass is 128 g/mol. The summed E-state index contributed by atoms with van der Waals surface area (Å²) in [4.78, 5) is 10.5. The van der Waals surface area contributed by atoms with Crippen molar-refractivity contribution in [1.29, 1.82) is 0 Å². The molecule has 2 aliphatic heterocycles. The summed E-state index contributed by atoms with van der Waals surface area (Å²) in [6, 6.07) is 0. The molecule has 9 heavy (non-hydrogen) atoms. The molecule has 0 aromatic carbocycles. The summed E-state index contributed by atoms with van der Waals surface area (Å²) in [6.07, 6.45) is 1.74. The first-order chi connectivity index (χ1) is 4.36. The summed E-state index contributed by atoms with van der Waals surface area (Å²) in [5, 5.41) is 0. The summed E-state index contributed by atoms with van der Waals surface area (Å²) >= 11 is 0. The van der Waals surface area contributed by atoms with E-state index in [0.717, 1.165) is 13.0 Å². The van der Waals surface area contributed by atoms with Crippen LogP contribution in [0.2, 0.25) is 0 Å². The van der Waals surface area contributed by atoms with Crippen molar-refractivity contribution in [3.05, 3.63) is 0 Å². The average molecular weight is 128 g/mol. The van der Waals surface area contributed by atoms with E-state index in [4.69, 9.17) is 9.47 Å². The van der Waals surface area contributed by atoms with Gasteiger partial charge in [0.15, 0.2) is 0 Å². The standard InChI is InChI=1S/C6H8O3/c7-6-2-1-4(9-6)5-3-8-5/h4-5H,1-3H2/t4-,5-/m1/s1. The number of cyclic esters (lactones) is 1. The topological polar surface area (TPSA) is 38.8 Å². The van der Waals surface area contributed by atoms with E-state index < -0.39 is 0 Å². The number of carbonyl (C=O) groups is 1. The Labute approximate surface area is 52.9 Å². The molecule has 0 aromatic rings. The van der Waals surface area contributed by atoms with E-state index in [9.17, 15) is 4.79 Å². The van der Waals surface area contributed by atoms with E-state index in [2.05, 4.69) is 0 Å². The van der Waals surface area contributed by atoms with Gasteiger partial charge in [0.05, 0.1) is 6.61 Å². The van der Waals surface area contributed by atoms with Gasteiger partial charge in [-0.3, -0.25) is 4.79 Å². The fourth-order valence-corrected chi connectivity index (χ4v) is 1.08. The molecule has 2 atom stereocenters. The fourth-order valence-electron chi connectivity index (χ4n) is 1.08. The second-order valence-corrected chi connectivity index (χ2v) is 2.44. The van der Waals surface area contributed by atoms with E-state index in [1.54, 1.807) is 0 Å². The Balaban J connectivity index is 1.92. The molecule has 0 aromatic heterocycles. The molecule has 2 aliphatic rings. The molecule has 3 nitrogen and oxygen atoms in total. The first-order valence-corrected chi connectivity index (χ1v) is 3.17. The van der Waals surface area contributed by atoms with Gasteiger partial charge >= 0.3 is 5.97 Å². The largest absolute Gasteiger partial charge is 0.459 e. The predicted molar refractivity (Wildman–Crippen MR) is 28.9 cm³/mol. The molecule has 0 aliphatic carbocycles. The Hall–Kier alpha value is -0.570. The highest BCUT2D eigenvalue weighted by Gasteiger charge is 2.39. The molecule has 0 bridgehead atoms. The van der Waals surface area contributed by atoms with Crippen molar-refractivity contribution in [2.24, 2.45) is 0 Å². The van der Waals surface area contributed by atoms with Gasteiger partial charge in [0.2, 0.25) is 0 Å². The summed E-state index contributed by atoms with van der Waals surface area (Å²) in [5.74, 6) is -0.0736. The van der Waals surface area contributed by atoms with Crippen LogP contribution in [0.5, 0.6) is 0 Å². The minimum Gasteiger partial charge on any atom is -0.459 e. The van der Waals surface area contributed by atoms with Crippen LogP contribution in [0.1, 0.15) is 12.8 Å². The number of ether oxygens (including phenoxy) is 2. The van der Waals surface area contributed by atoms with E-state index in [-0.39, 0.29) is 18.2 Å². The summed E-state index contributed by atoms with van der Waals surface area (Å²) in [5.41, 5.74) is 0. The Morgan fingerprint density at radius 3 is 2.67 bits per heavy atom. The van der Waals surface area contributed by atoms with Gasteiger partial charge in [-0.2, -0.15) is 0 Å². The summed E-state index contributed by atoms with van der Waals surface area (Å²) < 4.78 is 9.88. The first kappa shape index (κ1) is 5.23. The maximum atomic E-state index is 10.5. The van der Waals surface area contributed by atoms with Crippen molar-refractivity contribution in [1.82, 2.24) is 0 Å². The zero-order valence-electron chi connectivity index (χ0n) is 5.00. The van der Waals surface area contributed by atoms with Gasteiger partial charge in [0.25, 0.3) is 0 Å². The molecule has 2 fully saturated rings. The minimum atomic E-state index is -0.0736. The van der Waals surface area contributed by atoms with Crippen LogP contribution >= 0.6 is 0 Å². The molecule has 2 rings (SSSR count). The highest BCUT2D eigenvalue weighted by molar-refractivity contribution is 5.71. The Bertz CT molecular complexity index is 139. The molecule has 50 valence electrons. The van der Waals surface area contributed by atoms with Gasteiger partial charge in [-0.25, -0.2) is 0 Å². The molecule has 0 amide bonds. The van der Waals surface area contributed by atoms with Gasteiger partial charge < -0.3 is 9.47 Å². The van der Waals surface area contributed by atoms with E-state index in [1.807, 2.05) is 0 Å². The Morgan fingerprint density at radius 1 is 1.44 bits per heavy atom. The predicted octanol–water partition coefficient (Wildman–Crippen LogP) is 0.0908. The van der Waals surface area contributed by atoms with Crippen LogP contribution in [0, 0.1) is 0 Å². The Morgan fingerprint density at radius 2 is 2.22 bits per heavy atom. The van der Waals surface area contributed by atoms with E-state index in [1.165, 1.54) is 0 Å². The SMILES string of the molecule is O=C1CC[C@H]([C@H]2CO2)O1. The van der Waals surface area contributed by atoms with E-state index in [0.29, 0.717) is 6.42 Å². The fraction of sp³-hybridized carbons (Fsp3) is 0.833. The van der Waals surface area contributed by atoms with Crippen molar-refractivity contribution in [3.63, 3.8) is 0 Å². The third kappa shape index (κ3) is 0.920. The van der Waals surface area contributed by atoms with Gasteiger partial charge in [0.1, 0.15) is 12.2 Å². The quantitative estimate of drug-likeness (QED) is 0.371. The third-order valence-electron chi connectivity index (χ3n) is 1.69. The van der Waals surface area contributed by atoms with Gasteiger partial charge in [-0.05, 0) is 6.42 Å². The van der Waals surface area contributed by atoms with Crippen molar-refractivity contribution in [2.75, 3.05) is 6.61 Å². The number of epoxide rings is 1. The lowest BCUT2D eigenvalue weighted by Gasteiger charge is -2.01. The van der Waals surface area contributed by atoms with Crippen LogP contribution < -0.4 is 0 Å². The maximum absolute atomic E-state index is 10.5. The first-order valence-electron chi connectivity index (χ1n) is 3.17. The molecular formula is C6H8O3. The number of esters is 1. The lowest BCUT2D eigenvalue weighted by atomic mass is 10.2. The van der Waals surface area contributed by atoms with Crippen molar-refractivity contribution < 1.29 is 14.3 Å². The molecule has 0 unspecified atom stereocenters. The van der Waals surface area contributed by atoms with Crippen LogP contribution in [0.25, 0.3) is 0 Å². The normalized spacial score (nSPS) is 40.7.